The lowest BCUT2D eigenvalue weighted by molar-refractivity contribution is 0.147. The molecule has 2 atom stereocenters. The van der Waals surface area contributed by atoms with Crippen LogP contribution in [0.3, 0.4) is 0 Å². The van der Waals surface area contributed by atoms with Gasteiger partial charge in [0.1, 0.15) is 0 Å². The molecule has 1 aromatic rings. The predicted molar refractivity (Wildman–Crippen MR) is 87.8 cm³/mol. The third-order valence-corrected chi connectivity index (χ3v) is 4.56. The molecule has 21 heavy (non-hydrogen) atoms. The smallest absolute Gasteiger partial charge is 0.203 e. The molecule has 0 amide bonds. The Morgan fingerprint density at radius 3 is 2.90 bits per heavy atom. The van der Waals surface area contributed by atoms with Crippen molar-refractivity contribution in [3.8, 4) is 0 Å². The lowest BCUT2D eigenvalue weighted by Crippen LogP contribution is -2.24. The van der Waals surface area contributed by atoms with Gasteiger partial charge in [0.05, 0.1) is 5.69 Å². The lowest BCUT2D eigenvalue weighted by atomic mass is 9.83. The Hall–Kier alpha value is -1.03. The third-order valence-electron chi connectivity index (χ3n) is 4.56. The molecule has 4 heteroatoms. The molecule has 120 valence electrons. The molecular formula is C17H31N3O. The second-order valence-electron chi connectivity index (χ2n) is 6.11. The van der Waals surface area contributed by atoms with Crippen LogP contribution < -0.4 is 5.32 Å². The number of rotatable bonds is 8. The fraction of sp³-hybridized carbons (Fsp3) is 0.824. The van der Waals surface area contributed by atoms with Crippen molar-refractivity contribution in [2.45, 2.75) is 65.3 Å². The maximum Gasteiger partial charge on any atom is 0.203 e. The van der Waals surface area contributed by atoms with Crippen molar-refractivity contribution in [2.75, 3.05) is 25.1 Å². The molecule has 1 fully saturated rings. The quantitative estimate of drug-likeness (QED) is 0.731. The second kappa shape index (κ2) is 8.42. The minimum absolute atomic E-state index is 0.624. The van der Waals surface area contributed by atoms with Gasteiger partial charge in [0.15, 0.2) is 0 Å². The monoisotopic (exact) mass is 293 g/mol. The molecule has 2 rings (SSSR count). The Balaban J connectivity index is 1.98. The van der Waals surface area contributed by atoms with Crippen molar-refractivity contribution in [1.29, 1.82) is 0 Å². The highest BCUT2D eigenvalue weighted by Gasteiger charge is 2.26. The Labute approximate surface area is 129 Å². The van der Waals surface area contributed by atoms with Gasteiger partial charge in [-0.2, -0.15) is 0 Å². The molecule has 4 nitrogen and oxygen atoms in total. The Morgan fingerprint density at radius 2 is 2.14 bits per heavy atom. The van der Waals surface area contributed by atoms with Gasteiger partial charge in [0.2, 0.25) is 5.95 Å². The van der Waals surface area contributed by atoms with E-state index in [-0.39, 0.29) is 0 Å². The first-order chi connectivity index (χ1) is 10.3. The van der Waals surface area contributed by atoms with Crippen LogP contribution in [0.5, 0.6) is 0 Å². The predicted octanol–water partition coefficient (Wildman–Crippen LogP) is 4.17. The zero-order valence-electron chi connectivity index (χ0n) is 13.9. The van der Waals surface area contributed by atoms with Gasteiger partial charge in [-0.3, -0.25) is 0 Å². The van der Waals surface area contributed by atoms with Gasteiger partial charge in [0.25, 0.3) is 0 Å². The molecule has 1 saturated carbocycles. The molecule has 2 unspecified atom stereocenters. The Morgan fingerprint density at radius 1 is 1.33 bits per heavy atom. The van der Waals surface area contributed by atoms with Gasteiger partial charge in [-0.1, -0.05) is 26.2 Å². The van der Waals surface area contributed by atoms with E-state index >= 15 is 0 Å². The van der Waals surface area contributed by atoms with Crippen molar-refractivity contribution in [2.24, 2.45) is 5.92 Å². The van der Waals surface area contributed by atoms with Crippen LogP contribution in [-0.2, 0) is 4.74 Å². The number of ether oxygens (including phenoxy) is 1. The minimum Gasteiger partial charge on any atom is -0.382 e. The summed E-state index contributed by atoms with van der Waals surface area (Å²) in [6.45, 7) is 9.00. The van der Waals surface area contributed by atoms with E-state index in [1.165, 1.54) is 32.1 Å². The van der Waals surface area contributed by atoms with E-state index in [1.807, 2.05) is 6.92 Å². The zero-order valence-corrected chi connectivity index (χ0v) is 13.9. The number of nitrogens with zero attached hydrogens (tertiary/aromatic N) is 2. The summed E-state index contributed by atoms with van der Waals surface area (Å²) in [6.07, 6.45) is 9.92. The number of imidazole rings is 1. The molecule has 1 N–H and O–H groups in total. The number of hydrogen-bond acceptors (Lipinski definition) is 3. The highest BCUT2D eigenvalue weighted by atomic mass is 16.5. The van der Waals surface area contributed by atoms with E-state index < -0.39 is 0 Å². The van der Waals surface area contributed by atoms with Crippen LogP contribution in [0.1, 0.15) is 64.1 Å². The van der Waals surface area contributed by atoms with E-state index in [4.69, 9.17) is 4.74 Å². The van der Waals surface area contributed by atoms with Crippen molar-refractivity contribution in [3.05, 3.63) is 11.9 Å². The molecule has 0 bridgehead atoms. The topological polar surface area (TPSA) is 39.1 Å². The molecule has 1 aliphatic carbocycles. The van der Waals surface area contributed by atoms with Crippen LogP contribution in [0.15, 0.2) is 6.20 Å². The molecule has 0 radical (unpaired) electrons. The van der Waals surface area contributed by atoms with Crippen LogP contribution in [-0.4, -0.2) is 29.3 Å². The molecule has 1 heterocycles. The van der Waals surface area contributed by atoms with Gasteiger partial charge in [0, 0.05) is 32.0 Å². The second-order valence-corrected chi connectivity index (χ2v) is 6.11. The molecule has 0 saturated heterocycles. The summed E-state index contributed by atoms with van der Waals surface area (Å²) >= 11 is 0. The fourth-order valence-electron chi connectivity index (χ4n) is 3.45. The molecule has 0 aromatic carbocycles. The summed E-state index contributed by atoms with van der Waals surface area (Å²) in [6, 6.07) is 0.624. The van der Waals surface area contributed by atoms with Crippen molar-refractivity contribution in [3.63, 3.8) is 0 Å². The standard InChI is InChI=1S/C17H31N3O/c1-4-15-9-6-7-10-16(15)20-13-14(3)19-17(20)18-11-8-12-21-5-2/h13,15-16H,4-12H2,1-3H3,(H,18,19). The molecule has 0 spiro atoms. The van der Waals surface area contributed by atoms with Crippen molar-refractivity contribution in [1.82, 2.24) is 9.55 Å². The zero-order chi connectivity index (χ0) is 15.1. The van der Waals surface area contributed by atoms with Gasteiger partial charge < -0.3 is 14.6 Å². The number of aromatic nitrogens is 2. The van der Waals surface area contributed by atoms with Crippen LogP contribution >= 0.6 is 0 Å². The van der Waals surface area contributed by atoms with Gasteiger partial charge in [-0.25, -0.2) is 4.98 Å². The number of aryl methyl sites for hydroxylation is 1. The van der Waals surface area contributed by atoms with Gasteiger partial charge >= 0.3 is 0 Å². The largest absolute Gasteiger partial charge is 0.382 e. The number of anilines is 1. The number of hydrogen-bond donors (Lipinski definition) is 1. The molecule has 1 aliphatic rings. The summed E-state index contributed by atoms with van der Waals surface area (Å²) < 4.78 is 7.80. The van der Waals surface area contributed by atoms with Crippen LogP contribution in [0.2, 0.25) is 0 Å². The van der Waals surface area contributed by atoms with Crippen LogP contribution in [0, 0.1) is 12.8 Å². The van der Waals surface area contributed by atoms with E-state index in [0.29, 0.717) is 6.04 Å². The summed E-state index contributed by atoms with van der Waals surface area (Å²) in [5, 5.41) is 3.51. The SMILES string of the molecule is CCOCCCNc1nc(C)cn1C1CCCCC1CC. The molecular weight excluding hydrogens is 262 g/mol. The van der Waals surface area contributed by atoms with Crippen LogP contribution in [0.4, 0.5) is 5.95 Å². The third kappa shape index (κ3) is 4.47. The maximum atomic E-state index is 5.39. The van der Waals surface area contributed by atoms with Crippen molar-refractivity contribution < 1.29 is 4.74 Å². The summed E-state index contributed by atoms with van der Waals surface area (Å²) in [4.78, 5) is 4.68. The first-order valence-electron chi connectivity index (χ1n) is 8.63. The van der Waals surface area contributed by atoms with E-state index in [1.54, 1.807) is 0 Å². The van der Waals surface area contributed by atoms with Gasteiger partial charge in [-0.15, -0.1) is 0 Å². The first-order valence-corrected chi connectivity index (χ1v) is 8.63. The van der Waals surface area contributed by atoms with E-state index in [9.17, 15) is 0 Å². The minimum atomic E-state index is 0.624. The summed E-state index contributed by atoms with van der Waals surface area (Å²) in [5.41, 5.74) is 1.11. The highest BCUT2D eigenvalue weighted by molar-refractivity contribution is 5.29. The van der Waals surface area contributed by atoms with Crippen LogP contribution in [0.25, 0.3) is 0 Å². The highest BCUT2D eigenvalue weighted by Crippen LogP contribution is 2.37. The maximum absolute atomic E-state index is 5.39. The Bertz CT molecular complexity index is 416. The lowest BCUT2D eigenvalue weighted by Gasteiger charge is -2.32. The number of nitrogens with one attached hydrogen (secondary N) is 1. The fourth-order valence-corrected chi connectivity index (χ4v) is 3.45. The van der Waals surface area contributed by atoms with E-state index in [0.717, 1.165) is 43.7 Å². The molecule has 1 aromatic heterocycles. The summed E-state index contributed by atoms with van der Waals surface area (Å²) in [5.74, 6) is 1.85. The van der Waals surface area contributed by atoms with Gasteiger partial charge in [-0.05, 0) is 39.0 Å². The van der Waals surface area contributed by atoms with Crippen molar-refractivity contribution >= 4 is 5.95 Å². The van der Waals surface area contributed by atoms with E-state index in [2.05, 4.69) is 34.9 Å². The normalized spacial score (nSPS) is 22.4. The molecule has 0 aliphatic heterocycles. The Kier molecular flexibility index (Phi) is 6.55. The average Bonchev–Trinajstić information content (AvgIpc) is 2.87. The average molecular weight is 293 g/mol. The first kappa shape index (κ1) is 16.3. The summed E-state index contributed by atoms with van der Waals surface area (Å²) in [7, 11) is 0.